The molecule has 5 aromatic rings. The summed E-state index contributed by atoms with van der Waals surface area (Å²) >= 11 is 4.38. The van der Waals surface area contributed by atoms with E-state index in [1.165, 1.54) is 28.0 Å². The molecule has 1 saturated carbocycles. The fourth-order valence-corrected chi connectivity index (χ4v) is 12.2. The molecule has 2 saturated heterocycles. The van der Waals surface area contributed by atoms with Gasteiger partial charge >= 0.3 is 0 Å². The fourth-order valence-electron chi connectivity index (χ4n) is 9.49. The van der Waals surface area contributed by atoms with Crippen LogP contribution in [0.4, 0.5) is 5.13 Å². The number of aliphatic hydroxyl groups is 1. The van der Waals surface area contributed by atoms with Crippen LogP contribution in [0.5, 0.6) is 11.5 Å². The molecule has 3 fully saturated rings. The van der Waals surface area contributed by atoms with Gasteiger partial charge in [-0.2, -0.15) is 0 Å². The van der Waals surface area contributed by atoms with Crippen molar-refractivity contribution >= 4 is 69.1 Å². The number of anilines is 1. The van der Waals surface area contributed by atoms with Crippen LogP contribution in [0.25, 0.3) is 10.4 Å². The van der Waals surface area contributed by atoms with Gasteiger partial charge in [0.1, 0.15) is 23.6 Å². The van der Waals surface area contributed by atoms with Crippen molar-refractivity contribution < 1.29 is 43.3 Å². The highest BCUT2D eigenvalue weighted by molar-refractivity contribution is 8.01. The smallest absolute Gasteiger partial charge is 0.257 e. The van der Waals surface area contributed by atoms with Crippen molar-refractivity contribution in [2.45, 2.75) is 120 Å². The van der Waals surface area contributed by atoms with Gasteiger partial charge in [-0.3, -0.25) is 29.3 Å². The molecule has 0 bridgehead atoms. The van der Waals surface area contributed by atoms with E-state index in [1.54, 1.807) is 53.8 Å². The maximum Gasteiger partial charge on any atom is 0.257 e. The lowest BCUT2D eigenvalue weighted by atomic mass is 9.84. The van der Waals surface area contributed by atoms with Gasteiger partial charge in [0, 0.05) is 42.4 Å². The van der Waals surface area contributed by atoms with Crippen LogP contribution in [0.15, 0.2) is 81.5 Å². The minimum atomic E-state index is -0.931. The van der Waals surface area contributed by atoms with E-state index in [-0.39, 0.29) is 54.7 Å². The summed E-state index contributed by atoms with van der Waals surface area (Å²) in [5.41, 5.74) is 5.91. The molecule has 0 radical (unpaired) electrons. The number of nitrogens with one attached hydrogen (secondary N) is 3. The Balaban J connectivity index is 0.818. The Labute approximate surface area is 439 Å². The monoisotopic (exact) mass is 1050 g/mol. The van der Waals surface area contributed by atoms with Gasteiger partial charge in [-0.05, 0) is 111 Å². The summed E-state index contributed by atoms with van der Waals surface area (Å²) in [6, 6.07) is 16.4. The van der Waals surface area contributed by atoms with Gasteiger partial charge in [-0.15, -0.1) is 11.3 Å². The van der Waals surface area contributed by atoms with Crippen LogP contribution in [-0.4, -0.2) is 119 Å². The fraction of sp³-hybridized carbons (Fsp3) is 0.463. The van der Waals surface area contributed by atoms with Crippen LogP contribution in [0, 0.1) is 25.2 Å². The SMILES string of the molecule is COc1cc(C)c(Sc2cnc(NC(=O)c3ccc(OC4CCCC(C(=O)N[C@H](C(=O)N5C[C@H](O)C[C@H]5C(=O)N[C@@H](C)c5ccc(-c6scnc6C)cc5)C(C)(C)C)CC4)cc3)s2)cc1C(=O)N1CCOCC1. The van der Waals surface area contributed by atoms with Gasteiger partial charge in [0.25, 0.3) is 11.8 Å². The summed E-state index contributed by atoms with van der Waals surface area (Å²) in [6.07, 6.45) is 4.03. The van der Waals surface area contributed by atoms with Crippen molar-refractivity contribution in [1.29, 1.82) is 0 Å². The Morgan fingerprint density at radius 2 is 1.66 bits per heavy atom. The lowest BCUT2D eigenvalue weighted by Gasteiger charge is -2.36. The molecule has 5 amide bonds. The number of methoxy groups -OCH3 is 1. The first-order valence-corrected chi connectivity index (χ1v) is 27.3. The average molecular weight is 1050 g/mol. The highest BCUT2D eigenvalue weighted by Crippen LogP contribution is 2.39. The van der Waals surface area contributed by atoms with Gasteiger partial charge < -0.3 is 39.8 Å². The van der Waals surface area contributed by atoms with Crippen LogP contribution >= 0.6 is 34.4 Å². The molecule has 6 atom stereocenters. The summed E-state index contributed by atoms with van der Waals surface area (Å²) < 4.78 is 18.2. The second-order valence-corrected chi connectivity index (χ2v) is 23.3. The van der Waals surface area contributed by atoms with Crippen LogP contribution in [0.2, 0.25) is 0 Å². The number of ether oxygens (including phenoxy) is 3. The summed E-state index contributed by atoms with van der Waals surface area (Å²) in [5, 5.41) is 20.2. The number of aromatic nitrogens is 2. The molecule has 8 rings (SSSR count). The largest absolute Gasteiger partial charge is 0.496 e. The third kappa shape index (κ3) is 13.1. The number of carbonyl (C=O) groups excluding carboxylic acids is 5. The van der Waals surface area contributed by atoms with Crippen LogP contribution in [0.1, 0.15) is 110 Å². The molecular weight excluding hydrogens is 987 g/mol. The van der Waals surface area contributed by atoms with E-state index in [1.807, 2.05) is 83.5 Å². The minimum absolute atomic E-state index is 0.00848. The zero-order valence-electron chi connectivity index (χ0n) is 42.4. The zero-order chi connectivity index (χ0) is 52.0. The van der Waals surface area contributed by atoms with E-state index in [0.29, 0.717) is 73.3 Å². The summed E-state index contributed by atoms with van der Waals surface area (Å²) in [5.74, 6) is -0.620. The molecule has 2 aromatic heterocycles. The highest BCUT2D eigenvalue weighted by Gasteiger charge is 2.45. The molecule has 4 heterocycles. The number of amides is 5. The topological polar surface area (TPSA) is 202 Å². The van der Waals surface area contributed by atoms with E-state index < -0.39 is 29.5 Å². The standard InChI is InChI=1S/C54H65N7O9S3/c1-31-25-43(68-7)41(51(66)60-21-23-69-24-22-60)27-44(31)72-45-28-55-53(73-45)59-49(64)37-16-19-40(20-17-37)70-39-10-8-9-36(15-18-39)48(63)58-47(54(4,5)6)52(67)61-29-38(62)26-42(61)50(65)57-32(2)34-11-13-35(14-12-34)46-33(3)56-30-71-46/h11-14,16-17,19-20,25,27-28,30,32,36,38-39,42,47,62H,8-10,15,18,21-24,26,29H2,1-7H3,(H,57,65)(H,58,63)(H,55,59,64)/t32-,36?,38+,39?,42-,47+/m0/s1. The average Bonchev–Trinajstić information content (AvgIpc) is 4.08. The van der Waals surface area contributed by atoms with Gasteiger partial charge in [0.15, 0.2) is 5.13 Å². The van der Waals surface area contributed by atoms with Crippen molar-refractivity contribution in [3.8, 4) is 21.9 Å². The number of carbonyl (C=O) groups is 5. The first-order valence-electron chi connectivity index (χ1n) is 24.8. The molecule has 0 spiro atoms. The second-order valence-electron chi connectivity index (χ2n) is 20.1. The van der Waals surface area contributed by atoms with Gasteiger partial charge in [-0.25, -0.2) is 9.97 Å². The molecule has 16 nitrogen and oxygen atoms in total. The number of morpholine rings is 1. The molecule has 2 unspecified atom stereocenters. The molecule has 3 aliphatic rings. The van der Waals surface area contributed by atoms with E-state index in [4.69, 9.17) is 14.2 Å². The summed E-state index contributed by atoms with van der Waals surface area (Å²) in [7, 11) is 1.56. The molecule has 19 heteroatoms. The van der Waals surface area contributed by atoms with E-state index in [9.17, 15) is 29.1 Å². The Morgan fingerprint density at radius 3 is 2.34 bits per heavy atom. The number of rotatable bonds is 15. The molecular formula is C54H65N7O9S3. The zero-order valence-corrected chi connectivity index (χ0v) is 44.8. The second kappa shape index (κ2) is 23.6. The lowest BCUT2D eigenvalue weighted by Crippen LogP contribution is -2.58. The highest BCUT2D eigenvalue weighted by atomic mass is 32.2. The van der Waals surface area contributed by atoms with E-state index in [0.717, 1.165) is 49.2 Å². The summed E-state index contributed by atoms with van der Waals surface area (Å²) in [4.78, 5) is 82.9. The molecule has 2 aliphatic heterocycles. The molecule has 1 aliphatic carbocycles. The van der Waals surface area contributed by atoms with Crippen molar-refractivity contribution in [1.82, 2.24) is 30.4 Å². The van der Waals surface area contributed by atoms with Gasteiger partial charge in [0.2, 0.25) is 17.7 Å². The van der Waals surface area contributed by atoms with E-state index in [2.05, 4.69) is 25.9 Å². The number of hydrogen-bond donors (Lipinski definition) is 4. The Kier molecular flexibility index (Phi) is 17.2. The van der Waals surface area contributed by atoms with Crippen LogP contribution < -0.4 is 25.4 Å². The number of nitrogens with zero attached hydrogens (tertiary/aromatic N) is 4. The number of hydrogen-bond acceptors (Lipinski definition) is 14. The number of likely N-dealkylation sites (tertiary alicyclic amines) is 1. The number of aliphatic hydroxyl groups excluding tert-OH is 1. The normalized spacial score (nSPS) is 20.1. The van der Waals surface area contributed by atoms with Crippen LogP contribution in [-0.2, 0) is 19.1 Å². The Morgan fingerprint density at radius 1 is 0.918 bits per heavy atom. The molecule has 3 aromatic carbocycles. The third-order valence-electron chi connectivity index (χ3n) is 13.7. The number of benzene rings is 3. The summed E-state index contributed by atoms with van der Waals surface area (Å²) in [6.45, 7) is 13.5. The minimum Gasteiger partial charge on any atom is -0.496 e. The predicted octanol–water partition coefficient (Wildman–Crippen LogP) is 8.47. The quantitative estimate of drug-likeness (QED) is 0.0730. The maximum atomic E-state index is 14.4. The maximum absolute atomic E-state index is 14.4. The Hall–Kier alpha value is -5.86. The van der Waals surface area contributed by atoms with Gasteiger partial charge in [0.05, 0.1) is 70.6 Å². The van der Waals surface area contributed by atoms with Gasteiger partial charge in [-0.1, -0.05) is 68.1 Å². The van der Waals surface area contributed by atoms with E-state index >= 15 is 0 Å². The predicted molar refractivity (Wildman–Crippen MR) is 282 cm³/mol. The lowest BCUT2D eigenvalue weighted by molar-refractivity contribution is -0.144. The number of aryl methyl sites for hydroxylation is 2. The van der Waals surface area contributed by atoms with Crippen molar-refractivity contribution in [3.63, 3.8) is 0 Å². The van der Waals surface area contributed by atoms with Crippen molar-refractivity contribution in [2.75, 3.05) is 45.3 Å². The first-order chi connectivity index (χ1) is 34.9. The molecule has 388 valence electrons. The molecule has 73 heavy (non-hydrogen) atoms. The molecule has 4 N–H and O–H groups in total. The Bertz CT molecular complexity index is 2770. The third-order valence-corrected chi connectivity index (χ3v) is 16.8. The van der Waals surface area contributed by atoms with Crippen molar-refractivity contribution in [2.24, 2.45) is 11.3 Å². The first kappa shape index (κ1) is 53.4. The number of thiazole rings is 2. The van der Waals surface area contributed by atoms with Crippen LogP contribution in [0.3, 0.4) is 0 Å². The number of β-amino-alcohol motifs (C(OH)–C–C–N with tert-alkyl or cyclic N) is 1. The van der Waals surface area contributed by atoms with Crippen molar-refractivity contribution in [3.05, 3.63) is 100 Å².